The largest absolute Gasteiger partial charge is 0.369 e. The Hall–Kier alpha value is -1.21. The molecule has 1 saturated heterocycles. The normalized spacial score (nSPS) is 21.0. The van der Waals surface area contributed by atoms with Crippen molar-refractivity contribution in [2.45, 2.75) is 6.42 Å². The van der Waals surface area contributed by atoms with E-state index in [4.69, 9.17) is 17.3 Å². The maximum absolute atomic E-state index is 11.5. The van der Waals surface area contributed by atoms with Crippen LogP contribution < -0.4 is 10.6 Å². The van der Waals surface area contributed by atoms with E-state index in [2.05, 4.69) is 10.2 Å². The molecule has 2 amide bonds. The summed E-state index contributed by atoms with van der Waals surface area (Å²) in [7, 11) is 0. The minimum absolute atomic E-state index is 0.131. The molecule has 2 N–H and O–H groups in total. The Morgan fingerprint density at radius 2 is 2.33 bits per heavy atom. The summed E-state index contributed by atoms with van der Waals surface area (Å²) in [6, 6.07) is 0. The number of nitrogens with two attached hydrogens (primary N) is 1. The van der Waals surface area contributed by atoms with E-state index in [0.717, 1.165) is 11.3 Å². The first-order valence-electron chi connectivity index (χ1n) is 4.16. The van der Waals surface area contributed by atoms with Crippen LogP contribution in [0.3, 0.4) is 0 Å². The van der Waals surface area contributed by atoms with Gasteiger partial charge in [-0.1, -0.05) is 11.3 Å². The topological polar surface area (TPSA) is 89.2 Å². The molecule has 2 rings (SSSR count). The Morgan fingerprint density at radius 3 is 2.80 bits per heavy atom. The minimum atomic E-state index is -0.471. The van der Waals surface area contributed by atoms with E-state index >= 15 is 0 Å². The number of hydrogen-bond acceptors (Lipinski definition) is 5. The average molecular weight is 247 g/mol. The van der Waals surface area contributed by atoms with E-state index < -0.39 is 11.8 Å². The first-order chi connectivity index (χ1) is 7.08. The third-order valence-corrected chi connectivity index (χ3v) is 3.19. The van der Waals surface area contributed by atoms with Crippen LogP contribution >= 0.6 is 22.9 Å². The van der Waals surface area contributed by atoms with Crippen LogP contribution in [0.5, 0.6) is 0 Å². The van der Waals surface area contributed by atoms with Crippen molar-refractivity contribution in [3.05, 3.63) is 4.47 Å². The Bertz CT molecular complexity index is 421. The summed E-state index contributed by atoms with van der Waals surface area (Å²) in [4.78, 5) is 23.8. The molecule has 0 aromatic carbocycles. The molecule has 0 saturated carbocycles. The lowest BCUT2D eigenvalue weighted by atomic mass is 10.1. The zero-order valence-electron chi connectivity index (χ0n) is 7.51. The van der Waals surface area contributed by atoms with Crippen molar-refractivity contribution < 1.29 is 9.59 Å². The highest BCUT2D eigenvalue weighted by Gasteiger charge is 2.35. The van der Waals surface area contributed by atoms with E-state index in [-0.39, 0.29) is 23.3 Å². The molecule has 15 heavy (non-hydrogen) atoms. The van der Waals surface area contributed by atoms with Gasteiger partial charge in [-0.2, -0.15) is 0 Å². The number of carbonyl (C=O) groups is 2. The molecule has 1 aliphatic rings. The Kier molecular flexibility index (Phi) is 2.57. The third-order valence-electron chi connectivity index (χ3n) is 2.15. The van der Waals surface area contributed by atoms with Crippen LogP contribution in [0, 0.1) is 5.92 Å². The summed E-state index contributed by atoms with van der Waals surface area (Å²) in [5.74, 6) is -1.09. The van der Waals surface area contributed by atoms with E-state index in [9.17, 15) is 9.59 Å². The fraction of sp³-hybridized carbons (Fsp3) is 0.429. The predicted octanol–water partition coefficient (Wildman–Crippen LogP) is 0.0297. The third kappa shape index (κ3) is 1.93. The molecule has 1 aromatic rings. The van der Waals surface area contributed by atoms with Crippen LogP contribution in [0.1, 0.15) is 6.42 Å². The van der Waals surface area contributed by atoms with Crippen molar-refractivity contribution in [2.75, 3.05) is 11.4 Å². The van der Waals surface area contributed by atoms with Gasteiger partial charge in [-0.05, 0) is 11.6 Å². The van der Waals surface area contributed by atoms with E-state index in [1.54, 1.807) is 0 Å². The number of rotatable bonds is 2. The molecule has 1 atom stereocenters. The van der Waals surface area contributed by atoms with Gasteiger partial charge in [0.1, 0.15) is 0 Å². The number of carbonyl (C=O) groups excluding carboxylic acids is 2. The van der Waals surface area contributed by atoms with Crippen molar-refractivity contribution in [2.24, 2.45) is 11.7 Å². The summed E-state index contributed by atoms with van der Waals surface area (Å²) < 4.78 is 0.264. The van der Waals surface area contributed by atoms with Gasteiger partial charge in [0, 0.05) is 13.0 Å². The van der Waals surface area contributed by atoms with Gasteiger partial charge in [0.05, 0.1) is 5.92 Å². The van der Waals surface area contributed by atoms with Crippen LogP contribution in [-0.2, 0) is 9.59 Å². The van der Waals surface area contributed by atoms with Crippen molar-refractivity contribution in [1.82, 2.24) is 10.2 Å². The molecular weight excluding hydrogens is 240 g/mol. The molecule has 1 fully saturated rings. The zero-order valence-corrected chi connectivity index (χ0v) is 9.09. The van der Waals surface area contributed by atoms with Gasteiger partial charge in [0.25, 0.3) is 0 Å². The summed E-state index contributed by atoms with van der Waals surface area (Å²) in [5, 5.41) is 7.73. The van der Waals surface area contributed by atoms with E-state index in [1.807, 2.05) is 0 Å². The van der Waals surface area contributed by atoms with Gasteiger partial charge in [0.2, 0.25) is 21.4 Å². The Balaban J connectivity index is 2.18. The Labute approximate surface area is 94.0 Å². The molecule has 0 aliphatic carbocycles. The molecular formula is C7H7ClN4O2S. The number of nitrogens with zero attached hydrogens (tertiary/aromatic N) is 3. The smallest absolute Gasteiger partial charge is 0.229 e. The lowest BCUT2D eigenvalue weighted by Crippen LogP contribution is -2.28. The molecule has 6 nitrogen and oxygen atoms in total. The quantitative estimate of drug-likeness (QED) is 0.797. The van der Waals surface area contributed by atoms with Crippen molar-refractivity contribution in [1.29, 1.82) is 0 Å². The number of amides is 2. The van der Waals surface area contributed by atoms with Crippen molar-refractivity contribution in [3.8, 4) is 0 Å². The van der Waals surface area contributed by atoms with Crippen LogP contribution in [0.25, 0.3) is 0 Å². The van der Waals surface area contributed by atoms with Gasteiger partial charge in [-0.25, -0.2) is 0 Å². The van der Waals surface area contributed by atoms with Gasteiger partial charge in [0.15, 0.2) is 0 Å². The van der Waals surface area contributed by atoms with Crippen LogP contribution in [-0.4, -0.2) is 28.6 Å². The first-order valence-corrected chi connectivity index (χ1v) is 5.36. The van der Waals surface area contributed by atoms with Gasteiger partial charge >= 0.3 is 0 Å². The molecule has 1 unspecified atom stereocenters. The summed E-state index contributed by atoms with van der Waals surface area (Å²) in [5.41, 5.74) is 5.13. The molecule has 8 heteroatoms. The van der Waals surface area contributed by atoms with Gasteiger partial charge in [-0.3, -0.25) is 14.5 Å². The van der Waals surface area contributed by atoms with Gasteiger partial charge < -0.3 is 5.73 Å². The molecule has 80 valence electrons. The molecule has 1 aliphatic heterocycles. The fourth-order valence-electron chi connectivity index (χ4n) is 1.39. The van der Waals surface area contributed by atoms with Crippen LogP contribution in [0.15, 0.2) is 0 Å². The second-order valence-electron chi connectivity index (χ2n) is 3.15. The lowest BCUT2D eigenvalue weighted by molar-refractivity contribution is -0.123. The summed E-state index contributed by atoms with van der Waals surface area (Å²) in [6.45, 7) is 0.264. The second-order valence-corrected chi connectivity index (χ2v) is 4.68. The fourth-order valence-corrected chi connectivity index (χ4v) is 2.24. The number of primary amides is 1. The summed E-state index contributed by atoms with van der Waals surface area (Å²) >= 11 is 6.70. The first kappa shape index (κ1) is 10.3. The highest BCUT2D eigenvalue weighted by molar-refractivity contribution is 7.19. The number of halogens is 1. The standard InChI is InChI=1S/C7H7ClN4O2S/c8-6-10-11-7(15-6)12-2-3(5(9)14)1-4(12)13/h3H,1-2H2,(H2,9,14). The van der Waals surface area contributed by atoms with E-state index in [1.165, 1.54) is 4.90 Å². The second kappa shape index (κ2) is 3.74. The predicted molar refractivity (Wildman–Crippen MR) is 54.6 cm³/mol. The number of anilines is 1. The molecule has 0 spiro atoms. The Morgan fingerprint density at radius 1 is 1.60 bits per heavy atom. The molecule has 1 aromatic heterocycles. The number of aromatic nitrogens is 2. The summed E-state index contributed by atoms with van der Waals surface area (Å²) in [6.07, 6.45) is 0.131. The highest BCUT2D eigenvalue weighted by Crippen LogP contribution is 2.29. The molecule has 2 heterocycles. The van der Waals surface area contributed by atoms with E-state index in [0.29, 0.717) is 5.13 Å². The maximum Gasteiger partial charge on any atom is 0.229 e. The van der Waals surface area contributed by atoms with Crippen LogP contribution in [0.4, 0.5) is 5.13 Å². The number of hydrogen-bond donors (Lipinski definition) is 1. The minimum Gasteiger partial charge on any atom is -0.369 e. The zero-order chi connectivity index (χ0) is 11.0. The molecule has 0 bridgehead atoms. The highest BCUT2D eigenvalue weighted by atomic mass is 35.5. The molecule has 0 radical (unpaired) electrons. The van der Waals surface area contributed by atoms with Crippen LogP contribution in [0.2, 0.25) is 4.47 Å². The maximum atomic E-state index is 11.5. The SMILES string of the molecule is NC(=O)C1CC(=O)N(c2nnc(Cl)s2)C1. The van der Waals surface area contributed by atoms with Crippen molar-refractivity contribution >= 4 is 39.9 Å². The monoisotopic (exact) mass is 246 g/mol. The average Bonchev–Trinajstić information content (AvgIpc) is 2.71. The lowest BCUT2D eigenvalue weighted by Gasteiger charge is -2.10. The van der Waals surface area contributed by atoms with Gasteiger partial charge in [-0.15, -0.1) is 10.2 Å². The van der Waals surface area contributed by atoms with Crippen molar-refractivity contribution in [3.63, 3.8) is 0 Å².